The SMILES string of the molecule is Cc1c(S(=O)(=O)NC(C)Cc2ccco2)c(N)nn1C. The fourth-order valence-corrected chi connectivity index (χ4v) is 3.61. The van der Waals surface area contributed by atoms with Gasteiger partial charge in [-0.15, -0.1) is 0 Å². The lowest BCUT2D eigenvalue weighted by molar-refractivity contribution is 0.479. The van der Waals surface area contributed by atoms with Gasteiger partial charge in [0, 0.05) is 19.5 Å². The Kier molecular flexibility index (Phi) is 3.87. The number of hydrogen-bond donors (Lipinski definition) is 2. The van der Waals surface area contributed by atoms with Crippen molar-refractivity contribution in [3.8, 4) is 0 Å². The average Bonchev–Trinajstić information content (AvgIpc) is 2.87. The smallest absolute Gasteiger partial charge is 0.246 e. The number of aromatic nitrogens is 2. The molecule has 3 N–H and O–H groups in total. The van der Waals surface area contributed by atoms with Crippen LogP contribution in [0.3, 0.4) is 0 Å². The van der Waals surface area contributed by atoms with Gasteiger partial charge in [0.1, 0.15) is 10.7 Å². The zero-order chi connectivity index (χ0) is 14.9. The fraction of sp³-hybridized carbons (Fsp3) is 0.417. The molecule has 2 heterocycles. The number of hydrogen-bond acceptors (Lipinski definition) is 5. The summed E-state index contributed by atoms with van der Waals surface area (Å²) in [5.41, 5.74) is 6.17. The topological polar surface area (TPSA) is 103 Å². The number of sulfonamides is 1. The third-order valence-corrected chi connectivity index (χ3v) is 4.77. The van der Waals surface area contributed by atoms with Crippen LogP contribution < -0.4 is 10.5 Å². The molecule has 7 nitrogen and oxygen atoms in total. The highest BCUT2D eigenvalue weighted by Crippen LogP contribution is 2.21. The van der Waals surface area contributed by atoms with Crippen LogP contribution in [0.1, 0.15) is 18.4 Å². The van der Waals surface area contributed by atoms with Crippen LogP contribution in [0.4, 0.5) is 5.82 Å². The Bertz CT molecular complexity index is 689. The van der Waals surface area contributed by atoms with Crippen LogP contribution >= 0.6 is 0 Å². The van der Waals surface area contributed by atoms with E-state index in [2.05, 4.69) is 9.82 Å². The van der Waals surface area contributed by atoms with E-state index in [4.69, 9.17) is 10.2 Å². The lowest BCUT2D eigenvalue weighted by atomic mass is 10.2. The zero-order valence-electron chi connectivity index (χ0n) is 11.6. The summed E-state index contributed by atoms with van der Waals surface area (Å²) in [5, 5.41) is 3.92. The minimum absolute atomic E-state index is 0.00250. The van der Waals surface area contributed by atoms with E-state index in [9.17, 15) is 8.42 Å². The van der Waals surface area contributed by atoms with Crippen LogP contribution in [-0.4, -0.2) is 24.2 Å². The van der Waals surface area contributed by atoms with Crippen LogP contribution in [0.5, 0.6) is 0 Å². The van der Waals surface area contributed by atoms with Gasteiger partial charge in [-0.25, -0.2) is 13.1 Å². The Hall–Kier alpha value is -1.80. The fourth-order valence-electron chi connectivity index (χ4n) is 2.04. The molecule has 110 valence electrons. The third kappa shape index (κ3) is 2.86. The lowest BCUT2D eigenvalue weighted by Gasteiger charge is -2.13. The van der Waals surface area contributed by atoms with Gasteiger partial charge >= 0.3 is 0 Å². The molecule has 20 heavy (non-hydrogen) atoms. The van der Waals surface area contributed by atoms with Gasteiger partial charge < -0.3 is 10.2 Å². The van der Waals surface area contributed by atoms with E-state index in [1.807, 2.05) is 0 Å². The first-order valence-corrected chi connectivity index (χ1v) is 7.63. The molecule has 1 unspecified atom stereocenters. The highest BCUT2D eigenvalue weighted by Gasteiger charge is 2.26. The standard InChI is InChI=1S/C12H18N4O3S/c1-8(7-10-5-4-6-19-10)15-20(17,18)11-9(2)16(3)14-12(11)13/h4-6,8,15H,7H2,1-3H3,(H2,13,14). The predicted molar refractivity (Wildman–Crippen MR) is 74.6 cm³/mol. The maximum Gasteiger partial charge on any atom is 0.246 e. The van der Waals surface area contributed by atoms with E-state index in [0.29, 0.717) is 12.1 Å². The first kappa shape index (κ1) is 14.6. The van der Waals surface area contributed by atoms with Crippen molar-refractivity contribution in [2.24, 2.45) is 7.05 Å². The second-order valence-electron chi connectivity index (χ2n) is 4.73. The normalized spacial score (nSPS) is 13.6. The number of rotatable bonds is 5. The number of aryl methyl sites for hydroxylation is 1. The molecule has 0 spiro atoms. The van der Waals surface area contributed by atoms with Crippen LogP contribution in [0.15, 0.2) is 27.7 Å². The second kappa shape index (κ2) is 5.29. The molecule has 8 heteroatoms. The van der Waals surface area contributed by atoms with Gasteiger partial charge in [-0.05, 0) is 26.0 Å². The van der Waals surface area contributed by atoms with Crippen molar-refractivity contribution in [3.63, 3.8) is 0 Å². The van der Waals surface area contributed by atoms with Crippen LogP contribution in [0, 0.1) is 6.92 Å². The Labute approximate surface area is 117 Å². The zero-order valence-corrected chi connectivity index (χ0v) is 12.4. The van der Waals surface area contributed by atoms with E-state index < -0.39 is 10.0 Å². The Balaban J connectivity index is 2.19. The molecule has 0 saturated carbocycles. The van der Waals surface area contributed by atoms with Gasteiger partial charge in [0.05, 0.1) is 12.0 Å². The molecule has 0 saturated heterocycles. The molecule has 0 fully saturated rings. The van der Waals surface area contributed by atoms with Crippen molar-refractivity contribution in [2.75, 3.05) is 5.73 Å². The molecule has 0 bridgehead atoms. The molecular weight excluding hydrogens is 280 g/mol. The van der Waals surface area contributed by atoms with Gasteiger partial charge in [0.2, 0.25) is 10.0 Å². The van der Waals surface area contributed by atoms with Crippen molar-refractivity contribution >= 4 is 15.8 Å². The number of nitrogens with two attached hydrogens (primary N) is 1. The molecule has 0 amide bonds. The maximum atomic E-state index is 12.4. The van der Waals surface area contributed by atoms with E-state index >= 15 is 0 Å². The Morgan fingerprint density at radius 1 is 1.55 bits per heavy atom. The van der Waals surface area contributed by atoms with E-state index in [1.165, 1.54) is 4.68 Å². The summed E-state index contributed by atoms with van der Waals surface area (Å²) in [5.74, 6) is 0.721. The second-order valence-corrected chi connectivity index (χ2v) is 6.38. The average molecular weight is 298 g/mol. The summed E-state index contributed by atoms with van der Waals surface area (Å²) in [7, 11) is -2.05. The van der Waals surface area contributed by atoms with Crippen molar-refractivity contribution < 1.29 is 12.8 Å². The first-order chi connectivity index (χ1) is 9.31. The van der Waals surface area contributed by atoms with Gasteiger partial charge in [-0.3, -0.25) is 4.68 Å². The monoisotopic (exact) mass is 298 g/mol. The van der Waals surface area contributed by atoms with Crippen molar-refractivity contribution in [3.05, 3.63) is 29.9 Å². The largest absolute Gasteiger partial charge is 0.469 e. The molecule has 0 aliphatic rings. The summed E-state index contributed by atoms with van der Waals surface area (Å²) >= 11 is 0. The van der Waals surface area contributed by atoms with Crippen LogP contribution in [0.25, 0.3) is 0 Å². The number of furan rings is 1. The molecule has 2 aromatic heterocycles. The minimum atomic E-state index is -3.70. The van der Waals surface area contributed by atoms with Crippen molar-refractivity contribution in [1.82, 2.24) is 14.5 Å². The summed E-state index contributed by atoms with van der Waals surface area (Å²) in [6.07, 6.45) is 2.02. The molecule has 0 aliphatic carbocycles. The highest BCUT2D eigenvalue weighted by molar-refractivity contribution is 7.89. The van der Waals surface area contributed by atoms with Gasteiger partial charge in [0.15, 0.2) is 5.82 Å². The molecule has 0 radical (unpaired) electrons. The molecular formula is C12H18N4O3S. The number of nitrogens with one attached hydrogen (secondary N) is 1. The quantitative estimate of drug-likeness (QED) is 0.850. The molecule has 2 aromatic rings. The van der Waals surface area contributed by atoms with Crippen LogP contribution in [0.2, 0.25) is 0 Å². The molecule has 0 aliphatic heterocycles. The Morgan fingerprint density at radius 3 is 2.75 bits per heavy atom. The first-order valence-electron chi connectivity index (χ1n) is 6.15. The molecule has 0 aromatic carbocycles. The molecule has 2 rings (SSSR count). The summed E-state index contributed by atoms with van der Waals surface area (Å²) in [6, 6.07) is 3.25. The van der Waals surface area contributed by atoms with Crippen molar-refractivity contribution in [2.45, 2.75) is 31.2 Å². The van der Waals surface area contributed by atoms with E-state index in [0.717, 1.165) is 5.76 Å². The van der Waals surface area contributed by atoms with Crippen LogP contribution in [-0.2, 0) is 23.5 Å². The summed E-state index contributed by atoms with van der Waals surface area (Å²) < 4.78 is 33.9. The lowest BCUT2D eigenvalue weighted by Crippen LogP contribution is -2.34. The minimum Gasteiger partial charge on any atom is -0.469 e. The predicted octanol–water partition coefficient (Wildman–Crippen LogP) is 0.813. The number of nitrogens with zero attached hydrogens (tertiary/aromatic N) is 2. The summed E-state index contributed by atoms with van der Waals surface area (Å²) in [6.45, 7) is 3.43. The maximum absolute atomic E-state index is 12.4. The third-order valence-electron chi connectivity index (χ3n) is 3.02. The number of anilines is 1. The van der Waals surface area contributed by atoms with E-state index in [1.54, 1.807) is 39.3 Å². The highest BCUT2D eigenvalue weighted by atomic mass is 32.2. The molecule has 1 atom stereocenters. The van der Waals surface area contributed by atoms with Crippen molar-refractivity contribution in [1.29, 1.82) is 0 Å². The van der Waals surface area contributed by atoms with E-state index in [-0.39, 0.29) is 16.8 Å². The summed E-state index contributed by atoms with van der Waals surface area (Å²) in [4.78, 5) is 0.0336. The van der Waals surface area contributed by atoms with Gasteiger partial charge in [0.25, 0.3) is 0 Å². The van der Waals surface area contributed by atoms with Gasteiger partial charge in [-0.2, -0.15) is 5.10 Å². The number of nitrogen functional groups attached to an aromatic ring is 1. The van der Waals surface area contributed by atoms with Gasteiger partial charge in [-0.1, -0.05) is 0 Å². The Morgan fingerprint density at radius 2 is 2.25 bits per heavy atom.